The number of rotatable bonds is 2. The molecule has 0 unspecified atom stereocenters. The first-order valence-electron chi connectivity index (χ1n) is 7.61. The molecule has 1 aliphatic rings. The number of carbonyl (C=O) groups is 3. The lowest BCUT2D eigenvalue weighted by atomic mass is 10.0. The number of aromatic carboxylic acids is 1. The molecule has 1 aromatic heterocycles. The van der Waals surface area contributed by atoms with Gasteiger partial charge < -0.3 is 5.11 Å². The van der Waals surface area contributed by atoms with E-state index >= 15 is 0 Å². The number of aromatic nitrogens is 1. The molecule has 0 bridgehead atoms. The lowest BCUT2D eigenvalue weighted by Gasteiger charge is -2.20. The molecule has 2 amide bonds. The fourth-order valence-corrected chi connectivity index (χ4v) is 3.21. The summed E-state index contributed by atoms with van der Waals surface area (Å²) in [4.78, 5) is 42.8. The van der Waals surface area contributed by atoms with Crippen molar-refractivity contribution in [2.24, 2.45) is 0 Å². The van der Waals surface area contributed by atoms with E-state index < -0.39 is 17.8 Å². The minimum atomic E-state index is -1.21. The molecular weight excluding hydrogens is 320 g/mol. The lowest BCUT2D eigenvalue weighted by molar-refractivity contribution is 0.0700. The first-order chi connectivity index (χ1) is 12.0. The van der Waals surface area contributed by atoms with E-state index in [2.05, 4.69) is 4.98 Å². The van der Waals surface area contributed by atoms with Gasteiger partial charge >= 0.3 is 5.97 Å². The van der Waals surface area contributed by atoms with E-state index in [9.17, 15) is 19.5 Å². The van der Waals surface area contributed by atoms with Gasteiger partial charge in [0.25, 0.3) is 11.8 Å². The van der Waals surface area contributed by atoms with E-state index in [4.69, 9.17) is 0 Å². The Bertz CT molecular complexity index is 1050. The second-order valence-corrected chi connectivity index (χ2v) is 5.73. The van der Waals surface area contributed by atoms with E-state index in [0.717, 1.165) is 4.90 Å². The van der Waals surface area contributed by atoms with Crippen LogP contribution in [0.5, 0.6) is 0 Å². The summed E-state index contributed by atoms with van der Waals surface area (Å²) in [5.74, 6) is -2.29. The summed E-state index contributed by atoms with van der Waals surface area (Å²) < 4.78 is 0. The van der Waals surface area contributed by atoms with Crippen LogP contribution < -0.4 is 4.90 Å². The zero-order valence-electron chi connectivity index (χ0n) is 13.2. The maximum absolute atomic E-state index is 12.8. The van der Waals surface area contributed by atoms with E-state index in [0.29, 0.717) is 16.6 Å². The molecule has 3 aromatic rings. The van der Waals surface area contributed by atoms with Gasteiger partial charge in [0, 0.05) is 5.39 Å². The predicted octanol–water partition coefficient (Wildman–Crippen LogP) is 3.04. The van der Waals surface area contributed by atoms with Crippen LogP contribution in [-0.4, -0.2) is 27.9 Å². The molecule has 1 N–H and O–H groups in total. The summed E-state index contributed by atoms with van der Waals surface area (Å²) in [6, 6.07) is 13.2. The topological polar surface area (TPSA) is 87.6 Å². The largest absolute Gasteiger partial charge is 0.478 e. The highest BCUT2D eigenvalue weighted by molar-refractivity contribution is 6.36. The van der Waals surface area contributed by atoms with Crippen molar-refractivity contribution in [2.75, 3.05) is 4.90 Å². The monoisotopic (exact) mass is 332 g/mol. The molecule has 6 heteroatoms. The number of carboxylic acids is 1. The van der Waals surface area contributed by atoms with Gasteiger partial charge in [0.2, 0.25) is 0 Å². The van der Waals surface area contributed by atoms with Crippen LogP contribution in [-0.2, 0) is 0 Å². The molecule has 0 saturated carbocycles. The Morgan fingerprint density at radius 3 is 2.12 bits per heavy atom. The summed E-state index contributed by atoms with van der Waals surface area (Å²) in [6.45, 7) is 1.60. The lowest BCUT2D eigenvalue weighted by Crippen LogP contribution is -2.32. The fraction of sp³-hybridized carbons (Fsp3) is 0.0526. The molecule has 0 saturated heterocycles. The van der Waals surface area contributed by atoms with Crippen LogP contribution in [0.1, 0.15) is 36.8 Å². The highest BCUT2D eigenvalue weighted by atomic mass is 16.4. The third-order valence-electron chi connectivity index (χ3n) is 4.27. The highest BCUT2D eigenvalue weighted by Crippen LogP contribution is 2.35. The van der Waals surface area contributed by atoms with Gasteiger partial charge in [0.15, 0.2) is 0 Å². The molecular formula is C19H12N2O4. The van der Waals surface area contributed by atoms with Crippen molar-refractivity contribution in [2.45, 2.75) is 6.92 Å². The first kappa shape index (κ1) is 15.0. The van der Waals surface area contributed by atoms with E-state index in [1.807, 2.05) is 0 Å². The highest BCUT2D eigenvalue weighted by Gasteiger charge is 2.39. The molecule has 2 heterocycles. The molecule has 6 nitrogen and oxygen atoms in total. The van der Waals surface area contributed by atoms with Gasteiger partial charge in [-0.2, -0.15) is 0 Å². The number of pyridine rings is 1. The van der Waals surface area contributed by atoms with Gasteiger partial charge in [-0.25, -0.2) is 9.69 Å². The predicted molar refractivity (Wildman–Crippen MR) is 91.0 cm³/mol. The molecule has 0 fully saturated rings. The number of fused-ring (bicyclic) bond motifs is 2. The standard InChI is InChI=1S/C19H12N2O4/c1-10-16(15(19(24)25)13-8-4-5-9-14(13)20-10)21-17(22)11-6-2-3-7-12(11)18(21)23/h2-9H,1H3,(H,24,25). The van der Waals surface area contributed by atoms with E-state index in [-0.39, 0.29) is 22.4 Å². The zero-order valence-corrected chi connectivity index (χ0v) is 13.2. The van der Waals surface area contributed by atoms with Crippen molar-refractivity contribution in [3.8, 4) is 0 Å². The molecule has 25 heavy (non-hydrogen) atoms. The maximum Gasteiger partial charge on any atom is 0.338 e. The molecule has 0 aliphatic carbocycles. The Morgan fingerprint density at radius 2 is 1.52 bits per heavy atom. The summed E-state index contributed by atoms with van der Waals surface area (Å²) in [5, 5.41) is 10.1. The number of amides is 2. The number of benzene rings is 2. The van der Waals surface area contributed by atoms with E-state index in [1.165, 1.54) is 0 Å². The quantitative estimate of drug-likeness (QED) is 0.729. The number of hydrogen-bond donors (Lipinski definition) is 1. The van der Waals surface area contributed by atoms with Crippen molar-refractivity contribution in [1.82, 2.24) is 4.98 Å². The van der Waals surface area contributed by atoms with Gasteiger partial charge in [-0.05, 0) is 25.1 Å². The second-order valence-electron chi connectivity index (χ2n) is 5.73. The fourth-order valence-electron chi connectivity index (χ4n) is 3.21. The Hall–Kier alpha value is -3.54. The van der Waals surface area contributed by atoms with Gasteiger partial charge in [0.05, 0.1) is 33.6 Å². The van der Waals surface area contributed by atoms with Crippen molar-refractivity contribution in [3.63, 3.8) is 0 Å². The van der Waals surface area contributed by atoms with Crippen LogP contribution >= 0.6 is 0 Å². The minimum Gasteiger partial charge on any atom is -0.478 e. The molecule has 0 radical (unpaired) electrons. The SMILES string of the molecule is Cc1nc2ccccc2c(C(=O)O)c1N1C(=O)c2ccccc2C1=O. The molecule has 1 aliphatic heterocycles. The molecule has 0 atom stereocenters. The summed E-state index contributed by atoms with van der Waals surface area (Å²) in [7, 11) is 0. The van der Waals surface area contributed by atoms with Gasteiger partial charge in [-0.15, -0.1) is 0 Å². The number of aryl methyl sites for hydroxylation is 1. The maximum atomic E-state index is 12.8. The third-order valence-corrected chi connectivity index (χ3v) is 4.27. The van der Waals surface area contributed by atoms with Gasteiger partial charge in [-0.1, -0.05) is 30.3 Å². The number of imide groups is 1. The second kappa shape index (κ2) is 5.24. The Morgan fingerprint density at radius 1 is 0.960 bits per heavy atom. The molecule has 122 valence electrons. The summed E-state index contributed by atoms with van der Waals surface area (Å²) in [5.41, 5.74) is 1.26. The smallest absolute Gasteiger partial charge is 0.338 e. The third kappa shape index (κ3) is 2.04. The van der Waals surface area contributed by atoms with Crippen molar-refractivity contribution >= 4 is 34.4 Å². The Labute approximate surface area is 142 Å². The molecule has 4 rings (SSSR count). The Kier molecular flexibility index (Phi) is 3.15. The normalized spacial score (nSPS) is 13.4. The van der Waals surface area contributed by atoms with Crippen LogP contribution in [0, 0.1) is 6.92 Å². The van der Waals surface area contributed by atoms with E-state index in [1.54, 1.807) is 55.5 Å². The van der Waals surface area contributed by atoms with Crippen molar-refractivity contribution in [3.05, 3.63) is 70.9 Å². The average Bonchev–Trinajstić information content (AvgIpc) is 2.85. The van der Waals surface area contributed by atoms with Crippen LogP contribution in [0.25, 0.3) is 10.9 Å². The number of hydrogen-bond acceptors (Lipinski definition) is 4. The van der Waals surface area contributed by atoms with Crippen LogP contribution in [0.15, 0.2) is 48.5 Å². The number of carbonyl (C=O) groups excluding carboxylic acids is 2. The van der Waals surface area contributed by atoms with Crippen molar-refractivity contribution < 1.29 is 19.5 Å². The number of carboxylic acid groups (broad SMARTS) is 1. The zero-order chi connectivity index (χ0) is 17.7. The summed E-state index contributed by atoms with van der Waals surface area (Å²) >= 11 is 0. The van der Waals surface area contributed by atoms with Crippen LogP contribution in [0.2, 0.25) is 0 Å². The Balaban J connectivity index is 2.04. The van der Waals surface area contributed by atoms with Gasteiger partial charge in [-0.3, -0.25) is 14.6 Å². The molecule has 0 spiro atoms. The summed E-state index contributed by atoms with van der Waals surface area (Å²) in [6.07, 6.45) is 0. The minimum absolute atomic E-state index is 0.0254. The van der Waals surface area contributed by atoms with Crippen LogP contribution in [0.3, 0.4) is 0 Å². The number of anilines is 1. The van der Waals surface area contributed by atoms with Gasteiger partial charge in [0.1, 0.15) is 0 Å². The average molecular weight is 332 g/mol. The first-order valence-corrected chi connectivity index (χ1v) is 7.61. The van der Waals surface area contributed by atoms with Crippen molar-refractivity contribution in [1.29, 1.82) is 0 Å². The number of para-hydroxylation sites is 1. The number of nitrogens with zero attached hydrogens (tertiary/aromatic N) is 2. The van der Waals surface area contributed by atoms with Crippen LogP contribution in [0.4, 0.5) is 5.69 Å². The molecule has 2 aromatic carbocycles.